The fourth-order valence-corrected chi connectivity index (χ4v) is 2.05. The Morgan fingerprint density at radius 2 is 1.64 bits per heavy atom. The molecule has 6 nitrogen and oxygen atoms in total. The summed E-state index contributed by atoms with van der Waals surface area (Å²) in [6, 6.07) is 13.8. The van der Waals surface area contributed by atoms with Gasteiger partial charge in [0.25, 0.3) is 5.91 Å². The van der Waals surface area contributed by atoms with Crippen molar-refractivity contribution in [1.82, 2.24) is 5.32 Å². The third-order valence-electron chi connectivity index (χ3n) is 3.34. The van der Waals surface area contributed by atoms with Crippen LogP contribution in [0.4, 0.5) is 5.69 Å². The highest BCUT2D eigenvalue weighted by atomic mass is 16.4. The molecule has 0 spiro atoms. The van der Waals surface area contributed by atoms with Crippen LogP contribution in [0.1, 0.15) is 28.4 Å². The first-order valence-corrected chi connectivity index (χ1v) is 7.60. The topological polar surface area (TPSA) is 95.5 Å². The molecule has 0 bridgehead atoms. The lowest BCUT2D eigenvalue weighted by Gasteiger charge is -2.07. The Hall–Kier alpha value is -3.41. The Kier molecular flexibility index (Phi) is 6.06. The molecule has 3 N–H and O–H groups in total. The summed E-state index contributed by atoms with van der Waals surface area (Å²) in [7, 11) is 0. The molecule has 2 amide bonds. The summed E-state index contributed by atoms with van der Waals surface area (Å²) in [4.78, 5) is 33.6. The molecule has 0 atom stereocenters. The third-order valence-corrected chi connectivity index (χ3v) is 3.34. The Morgan fingerprint density at radius 3 is 2.20 bits per heavy atom. The van der Waals surface area contributed by atoms with Crippen LogP contribution in [-0.2, 0) is 16.1 Å². The predicted octanol–water partition coefficient (Wildman–Crippen LogP) is 2.67. The first kappa shape index (κ1) is 17.9. The molecule has 0 aliphatic rings. The molecule has 0 saturated heterocycles. The lowest BCUT2D eigenvalue weighted by atomic mass is 10.1. The number of carboxylic acid groups (broad SMARTS) is 1. The molecule has 0 aliphatic carbocycles. The summed E-state index contributed by atoms with van der Waals surface area (Å²) in [6.45, 7) is 1.87. The number of amides is 2. The molecule has 0 heterocycles. The van der Waals surface area contributed by atoms with Gasteiger partial charge in [-0.1, -0.05) is 24.3 Å². The van der Waals surface area contributed by atoms with Crippen molar-refractivity contribution >= 4 is 29.5 Å². The first-order valence-electron chi connectivity index (χ1n) is 7.60. The van der Waals surface area contributed by atoms with Crippen LogP contribution in [0.5, 0.6) is 0 Å². The van der Waals surface area contributed by atoms with Crippen molar-refractivity contribution in [3.05, 3.63) is 71.3 Å². The van der Waals surface area contributed by atoms with Crippen LogP contribution in [0.3, 0.4) is 0 Å². The average Bonchev–Trinajstić information content (AvgIpc) is 2.59. The first-order chi connectivity index (χ1) is 11.9. The summed E-state index contributed by atoms with van der Waals surface area (Å²) in [5.41, 5.74) is 2.74. The van der Waals surface area contributed by atoms with E-state index in [1.54, 1.807) is 48.5 Å². The van der Waals surface area contributed by atoms with Crippen LogP contribution in [0.2, 0.25) is 0 Å². The maximum absolute atomic E-state index is 12.2. The molecular formula is C19H18N2O4. The number of carboxylic acids is 1. The van der Waals surface area contributed by atoms with Gasteiger partial charge in [0.05, 0.1) is 0 Å². The fraction of sp³-hybridized carbons (Fsp3) is 0.105. The minimum Gasteiger partial charge on any atom is -0.478 e. The number of nitrogens with one attached hydrogen (secondary N) is 2. The smallest absolute Gasteiger partial charge is 0.328 e. The van der Waals surface area contributed by atoms with Crippen LogP contribution in [-0.4, -0.2) is 22.9 Å². The lowest BCUT2D eigenvalue weighted by Crippen LogP contribution is -2.19. The number of hydrogen-bond acceptors (Lipinski definition) is 3. The van der Waals surface area contributed by atoms with Crippen LogP contribution < -0.4 is 10.6 Å². The van der Waals surface area contributed by atoms with Gasteiger partial charge in [-0.05, 0) is 41.5 Å². The molecule has 0 unspecified atom stereocenters. The van der Waals surface area contributed by atoms with Crippen LogP contribution in [0.25, 0.3) is 6.08 Å². The van der Waals surface area contributed by atoms with E-state index in [0.29, 0.717) is 17.8 Å². The number of hydrogen-bond donors (Lipinski definition) is 3. The maximum Gasteiger partial charge on any atom is 0.328 e. The normalized spacial score (nSPS) is 10.4. The lowest BCUT2D eigenvalue weighted by molar-refractivity contribution is -0.131. The number of rotatable bonds is 6. The van der Waals surface area contributed by atoms with E-state index in [1.165, 1.54) is 13.0 Å². The summed E-state index contributed by atoms with van der Waals surface area (Å²) in [5, 5.41) is 14.1. The maximum atomic E-state index is 12.2. The van der Waals surface area contributed by atoms with E-state index >= 15 is 0 Å². The van der Waals surface area contributed by atoms with Crippen molar-refractivity contribution < 1.29 is 19.5 Å². The van der Waals surface area contributed by atoms with E-state index < -0.39 is 5.97 Å². The fourth-order valence-electron chi connectivity index (χ4n) is 2.05. The molecule has 0 fully saturated rings. The second kappa shape index (κ2) is 8.44. The van der Waals surface area contributed by atoms with E-state index in [2.05, 4.69) is 10.6 Å². The van der Waals surface area contributed by atoms with Crippen molar-refractivity contribution in [3.8, 4) is 0 Å². The Balaban J connectivity index is 1.97. The Bertz CT molecular complexity index is 793. The van der Waals surface area contributed by atoms with Gasteiger partial charge in [0, 0.05) is 30.8 Å². The van der Waals surface area contributed by atoms with Crippen molar-refractivity contribution in [1.29, 1.82) is 0 Å². The van der Waals surface area contributed by atoms with Crippen LogP contribution >= 0.6 is 0 Å². The minimum atomic E-state index is -1.01. The molecular weight excluding hydrogens is 320 g/mol. The largest absolute Gasteiger partial charge is 0.478 e. The molecule has 0 saturated carbocycles. The van der Waals surface area contributed by atoms with Gasteiger partial charge >= 0.3 is 5.97 Å². The van der Waals surface area contributed by atoms with E-state index in [4.69, 9.17) is 5.11 Å². The highest BCUT2D eigenvalue weighted by molar-refractivity contribution is 6.04. The number of anilines is 1. The Labute approximate surface area is 145 Å². The molecule has 0 aliphatic heterocycles. The van der Waals surface area contributed by atoms with E-state index in [0.717, 1.165) is 17.2 Å². The van der Waals surface area contributed by atoms with Gasteiger partial charge in [0.15, 0.2) is 0 Å². The molecule has 25 heavy (non-hydrogen) atoms. The highest BCUT2D eigenvalue weighted by Crippen LogP contribution is 2.13. The zero-order valence-corrected chi connectivity index (χ0v) is 13.7. The van der Waals surface area contributed by atoms with Crippen LogP contribution in [0.15, 0.2) is 54.6 Å². The Morgan fingerprint density at radius 1 is 1.00 bits per heavy atom. The van der Waals surface area contributed by atoms with Crippen molar-refractivity contribution in [2.75, 3.05) is 5.32 Å². The molecule has 2 aromatic rings. The molecule has 128 valence electrons. The van der Waals surface area contributed by atoms with E-state index in [-0.39, 0.29) is 11.8 Å². The summed E-state index contributed by atoms with van der Waals surface area (Å²) < 4.78 is 0. The van der Waals surface area contributed by atoms with Crippen molar-refractivity contribution in [3.63, 3.8) is 0 Å². The van der Waals surface area contributed by atoms with Crippen molar-refractivity contribution in [2.24, 2.45) is 0 Å². The summed E-state index contributed by atoms with van der Waals surface area (Å²) >= 11 is 0. The SMILES string of the molecule is CC(=O)NCc1ccc(C(=O)Nc2ccc(/C=C/C(=O)O)cc2)cc1. The second-order valence-corrected chi connectivity index (χ2v) is 5.35. The van der Waals surface area contributed by atoms with Gasteiger partial charge in [0.1, 0.15) is 0 Å². The summed E-state index contributed by atoms with van der Waals surface area (Å²) in [5.74, 6) is -1.37. The molecule has 0 aromatic heterocycles. The number of carbonyl (C=O) groups is 3. The van der Waals surface area contributed by atoms with E-state index in [1.807, 2.05) is 0 Å². The van der Waals surface area contributed by atoms with Gasteiger partial charge in [-0.25, -0.2) is 4.79 Å². The number of benzene rings is 2. The van der Waals surface area contributed by atoms with Gasteiger partial charge < -0.3 is 15.7 Å². The molecule has 0 radical (unpaired) electrons. The van der Waals surface area contributed by atoms with Crippen molar-refractivity contribution in [2.45, 2.75) is 13.5 Å². The van der Waals surface area contributed by atoms with Gasteiger partial charge in [-0.3, -0.25) is 9.59 Å². The zero-order valence-electron chi connectivity index (χ0n) is 13.7. The van der Waals surface area contributed by atoms with Gasteiger partial charge in [0.2, 0.25) is 5.91 Å². The zero-order chi connectivity index (χ0) is 18.2. The molecule has 6 heteroatoms. The quantitative estimate of drug-likeness (QED) is 0.706. The number of carbonyl (C=O) groups excluding carboxylic acids is 2. The summed E-state index contributed by atoms with van der Waals surface area (Å²) in [6.07, 6.45) is 2.53. The third kappa shape index (κ3) is 5.95. The van der Waals surface area contributed by atoms with Gasteiger partial charge in [-0.2, -0.15) is 0 Å². The highest BCUT2D eigenvalue weighted by Gasteiger charge is 2.06. The molecule has 2 aromatic carbocycles. The predicted molar refractivity (Wildman–Crippen MR) is 95.0 cm³/mol. The van der Waals surface area contributed by atoms with E-state index in [9.17, 15) is 14.4 Å². The monoisotopic (exact) mass is 338 g/mol. The minimum absolute atomic E-state index is 0.108. The molecule has 2 rings (SSSR count). The van der Waals surface area contributed by atoms with Crippen LogP contribution in [0, 0.1) is 0 Å². The number of aliphatic carboxylic acids is 1. The standard InChI is InChI=1S/C19H18N2O4/c1-13(22)20-12-15-2-7-16(8-3-15)19(25)21-17-9-4-14(5-10-17)6-11-18(23)24/h2-11H,12H2,1H3,(H,20,22)(H,21,25)(H,23,24)/b11-6+. The average molecular weight is 338 g/mol. The second-order valence-electron chi connectivity index (χ2n) is 5.35. The van der Waals surface area contributed by atoms with Gasteiger partial charge in [-0.15, -0.1) is 0 Å².